The van der Waals surface area contributed by atoms with Crippen molar-refractivity contribution in [1.82, 2.24) is 10.8 Å². The number of amides is 2. The number of benzene rings is 2. The Labute approximate surface area is 135 Å². The Morgan fingerprint density at radius 3 is 2.57 bits per heavy atom. The molecule has 120 valence electrons. The van der Waals surface area contributed by atoms with Crippen LogP contribution in [0.3, 0.4) is 0 Å². The number of aryl methyl sites for hydroxylation is 1. The summed E-state index contributed by atoms with van der Waals surface area (Å²) >= 11 is 0. The molecule has 0 saturated carbocycles. The van der Waals surface area contributed by atoms with Gasteiger partial charge in [0, 0.05) is 18.5 Å². The average Bonchev–Trinajstić information content (AvgIpc) is 2.56. The molecule has 0 aromatic heterocycles. The molecule has 0 fully saturated rings. The lowest BCUT2D eigenvalue weighted by Crippen LogP contribution is -2.30. The minimum absolute atomic E-state index is 0.159. The third-order valence-corrected chi connectivity index (χ3v) is 3.19. The van der Waals surface area contributed by atoms with Crippen LogP contribution in [0, 0.1) is 6.92 Å². The van der Waals surface area contributed by atoms with E-state index in [1.54, 1.807) is 12.1 Å². The summed E-state index contributed by atoms with van der Waals surface area (Å²) in [6.45, 7) is 2.49. The van der Waals surface area contributed by atoms with Gasteiger partial charge >= 0.3 is 0 Å². The lowest BCUT2D eigenvalue weighted by molar-refractivity contribution is -0.134. The molecule has 23 heavy (non-hydrogen) atoms. The van der Waals surface area contributed by atoms with Gasteiger partial charge in [0.25, 0.3) is 5.91 Å². The Morgan fingerprint density at radius 1 is 1.04 bits per heavy atom. The molecule has 2 N–H and O–H groups in total. The van der Waals surface area contributed by atoms with E-state index in [2.05, 4.69) is 10.8 Å². The lowest BCUT2D eigenvalue weighted by atomic mass is 10.1. The number of nitrogens with one attached hydrogen (secondary N) is 2. The fraction of sp³-hybridized carbons (Fsp3) is 0.222. The molecule has 0 radical (unpaired) electrons. The molecule has 0 aliphatic carbocycles. The summed E-state index contributed by atoms with van der Waals surface area (Å²) in [5, 5.41) is 2.71. The third-order valence-electron chi connectivity index (χ3n) is 3.19. The van der Waals surface area contributed by atoms with Crippen molar-refractivity contribution in [3.05, 3.63) is 71.3 Å². The minimum atomic E-state index is -0.273. The van der Waals surface area contributed by atoms with E-state index in [9.17, 15) is 9.59 Å². The molecule has 0 heterocycles. The highest BCUT2D eigenvalue weighted by atomic mass is 16.6. The first-order valence-electron chi connectivity index (χ1n) is 7.44. The van der Waals surface area contributed by atoms with Crippen LogP contribution < -0.4 is 10.8 Å². The van der Waals surface area contributed by atoms with E-state index in [4.69, 9.17) is 4.84 Å². The van der Waals surface area contributed by atoms with Crippen molar-refractivity contribution in [1.29, 1.82) is 0 Å². The summed E-state index contributed by atoms with van der Waals surface area (Å²) < 4.78 is 0. The monoisotopic (exact) mass is 312 g/mol. The zero-order valence-corrected chi connectivity index (χ0v) is 13.0. The van der Waals surface area contributed by atoms with Gasteiger partial charge < -0.3 is 5.32 Å². The van der Waals surface area contributed by atoms with Crippen LogP contribution in [0.1, 0.15) is 27.9 Å². The summed E-state index contributed by atoms with van der Waals surface area (Å²) in [5.41, 5.74) is 4.94. The van der Waals surface area contributed by atoms with Crippen LogP contribution in [-0.4, -0.2) is 18.4 Å². The Kier molecular flexibility index (Phi) is 6.32. The maximum Gasteiger partial charge on any atom is 0.251 e. The normalized spacial score (nSPS) is 10.1. The van der Waals surface area contributed by atoms with Gasteiger partial charge in [-0.25, -0.2) is 5.48 Å². The second-order valence-corrected chi connectivity index (χ2v) is 5.17. The third kappa shape index (κ3) is 5.92. The number of hydroxylamine groups is 1. The zero-order valence-electron chi connectivity index (χ0n) is 13.0. The highest BCUT2D eigenvalue weighted by Gasteiger charge is 2.06. The van der Waals surface area contributed by atoms with Gasteiger partial charge in [0.1, 0.15) is 0 Å². The van der Waals surface area contributed by atoms with Gasteiger partial charge in [-0.1, -0.05) is 48.0 Å². The topological polar surface area (TPSA) is 67.4 Å². The van der Waals surface area contributed by atoms with Gasteiger partial charge in [0.2, 0.25) is 5.91 Å². The molecule has 0 unspecified atom stereocenters. The van der Waals surface area contributed by atoms with Gasteiger partial charge in [0.15, 0.2) is 0 Å². The van der Waals surface area contributed by atoms with Crippen LogP contribution in [0.15, 0.2) is 54.6 Å². The van der Waals surface area contributed by atoms with Crippen molar-refractivity contribution in [3.63, 3.8) is 0 Å². The largest absolute Gasteiger partial charge is 0.352 e. The number of carbonyl (C=O) groups is 2. The quantitative estimate of drug-likeness (QED) is 0.771. The van der Waals surface area contributed by atoms with E-state index in [1.165, 1.54) is 0 Å². The summed E-state index contributed by atoms with van der Waals surface area (Å²) in [5.74, 6) is -0.461. The zero-order chi connectivity index (χ0) is 16.5. The Hall–Kier alpha value is -2.66. The second-order valence-electron chi connectivity index (χ2n) is 5.17. The van der Waals surface area contributed by atoms with Crippen molar-refractivity contribution < 1.29 is 14.4 Å². The Bertz CT molecular complexity index is 656. The Balaban J connectivity index is 1.64. The van der Waals surface area contributed by atoms with Gasteiger partial charge in [-0.3, -0.25) is 14.4 Å². The van der Waals surface area contributed by atoms with E-state index >= 15 is 0 Å². The second kappa shape index (κ2) is 8.70. The molecule has 2 amide bonds. The molecule has 0 atom stereocenters. The molecule has 0 spiro atoms. The molecule has 2 rings (SSSR count). The van der Waals surface area contributed by atoms with Crippen molar-refractivity contribution in [2.24, 2.45) is 0 Å². The molecule has 0 bridgehead atoms. The van der Waals surface area contributed by atoms with Crippen molar-refractivity contribution in [3.8, 4) is 0 Å². The lowest BCUT2D eigenvalue weighted by Gasteiger charge is -2.07. The fourth-order valence-corrected chi connectivity index (χ4v) is 2.00. The molecule has 2 aromatic carbocycles. The first-order chi connectivity index (χ1) is 11.1. The highest BCUT2D eigenvalue weighted by Crippen LogP contribution is 2.03. The summed E-state index contributed by atoms with van der Waals surface area (Å²) in [7, 11) is 0. The molecule has 5 nitrogen and oxygen atoms in total. The molecule has 0 saturated heterocycles. The summed E-state index contributed by atoms with van der Waals surface area (Å²) in [6, 6.07) is 16.8. The van der Waals surface area contributed by atoms with Crippen molar-refractivity contribution in [2.75, 3.05) is 6.54 Å². The van der Waals surface area contributed by atoms with Crippen LogP contribution in [0.4, 0.5) is 0 Å². The summed E-state index contributed by atoms with van der Waals surface area (Å²) in [6.07, 6.45) is 0.159. The SMILES string of the molecule is Cc1cccc(C(=O)NCCC(=O)NOCc2ccccc2)c1. The van der Waals surface area contributed by atoms with Crippen LogP contribution in [0.25, 0.3) is 0 Å². The smallest absolute Gasteiger partial charge is 0.251 e. The Morgan fingerprint density at radius 2 is 1.83 bits per heavy atom. The predicted octanol–water partition coefficient (Wildman–Crippen LogP) is 2.36. The van der Waals surface area contributed by atoms with Gasteiger partial charge in [-0.05, 0) is 24.6 Å². The van der Waals surface area contributed by atoms with Crippen LogP contribution in [0.2, 0.25) is 0 Å². The number of hydrogen-bond donors (Lipinski definition) is 2. The van der Waals surface area contributed by atoms with E-state index in [0.717, 1.165) is 11.1 Å². The van der Waals surface area contributed by atoms with E-state index in [-0.39, 0.29) is 24.8 Å². The standard InChI is InChI=1S/C18H20N2O3/c1-14-6-5-9-16(12-14)18(22)19-11-10-17(21)20-23-13-15-7-3-2-4-8-15/h2-9,12H,10-11,13H2,1H3,(H,19,22)(H,20,21). The first-order valence-corrected chi connectivity index (χ1v) is 7.44. The van der Waals surface area contributed by atoms with Crippen LogP contribution in [-0.2, 0) is 16.2 Å². The maximum absolute atomic E-state index is 11.9. The first kappa shape index (κ1) is 16.7. The minimum Gasteiger partial charge on any atom is -0.352 e. The molecular weight excluding hydrogens is 292 g/mol. The number of carbonyl (C=O) groups excluding carboxylic acids is 2. The predicted molar refractivity (Wildman–Crippen MR) is 87.5 cm³/mol. The molecular formula is C18H20N2O3. The summed E-state index contributed by atoms with van der Waals surface area (Å²) in [4.78, 5) is 28.6. The average molecular weight is 312 g/mol. The van der Waals surface area contributed by atoms with Gasteiger partial charge in [-0.2, -0.15) is 0 Å². The molecule has 0 aliphatic rings. The van der Waals surface area contributed by atoms with Gasteiger partial charge in [-0.15, -0.1) is 0 Å². The number of hydrogen-bond acceptors (Lipinski definition) is 3. The van der Waals surface area contributed by atoms with E-state index in [1.807, 2.05) is 49.4 Å². The maximum atomic E-state index is 11.9. The van der Waals surface area contributed by atoms with Crippen LogP contribution in [0.5, 0.6) is 0 Å². The van der Waals surface area contributed by atoms with Crippen molar-refractivity contribution in [2.45, 2.75) is 20.0 Å². The van der Waals surface area contributed by atoms with E-state index in [0.29, 0.717) is 12.2 Å². The van der Waals surface area contributed by atoms with E-state index < -0.39 is 0 Å². The molecule has 2 aromatic rings. The molecule has 0 aliphatic heterocycles. The van der Waals surface area contributed by atoms with Crippen molar-refractivity contribution >= 4 is 11.8 Å². The number of rotatable bonds is 7. The van der Waals surface area contributed by atoms with Crippen LogP contribution >= 0.6 is 0 Å². The van der Waals surface area contributed by atoms with Gasteiger partial charge in [0.05, 0.1) is 6.61 Å². The highest BCUT2D eigenvalue weighted by molar-refractivity contribution is 5.94. The molecule has 5 heteroatoms. The fourth-order valence-electron chi connectivity index (χ4n) is 2.00.